The fourth-order valence-corrected chi connectivity index (χ4v) is 3.25. The summed E-state index contributed by atoms with van der Waals surface area (Å²) >= 11 is 0. The van der Waals surface area contributed by atoms with E-state index in [2.05, 4.69) is 10.6 Å². The van der Waals surface area contributed by atoms with E-state index in [0.29, 0.717) is 12.5 Å². The molecule has 3 N–H and O–H groups in total. The highest BCUT2D eigenvalue weighted by Gasteiger charge is 2.33. The molecule has 0 bridgehead atoms. The highest BCUT2D eigenvalue weighted by molar-refractivity contribution is 5.94. The maximum absolute atomic E-state index is 12.7. The van der Waals surface area contributed by atoms with Gasteiger partial charge in [0.2, 0.25) is 0 Å². The number of amides is 1. The zero-order chi connectivity index (χ0) is 19.8. The first-order valence-corrected chi connectivity index (χ1v) is 8.67. The topological polar surface area (TPSA) is 74.0 Å². The van der Waals surface area contributed by atoms with Crippen LogP contribution in [0.4, 0.5) is 18.9 Å². The van der Waals surface area contributed by atoms with Gasteiger partial charge in [0.1, 0.15) is 11.3 Å². The molecular weight excluding hydrogens is 359 g/mol. The van der Waals surface area contributed by atoms with Crippen molar-refractivity contribution in [2.24, 2.45) is 0 Å². The van der Waals surface area contributed by atoms with Crippen molar-refractivity contribution in [3.05, 3.63) is 63.1 Å². The molecule has 1 amide bonds. The van der Waals surface area contributed by atoms with Gasteiger partial charge in [0.15, 0.2) is 0 Å². The summed E-state index contributed by atoms with van der Waals surface area (Å²) in [5, 5.41) is 6.22. The lowest BCUT2D eigenvalue weighted by molar-refractivity contribution is -0.141. The molecule has 5 nitrogen and oxygen atoms in total. The molecule has 2 heterocycles. The number of benzene rings is 1. The fourth-order valence-electron chi connectivity index (χ4n) is 3.25. The molecule has 8 heteroatoms. The normalized spacial score (nSPS) is 19.1. The van der Waals surface area contributed by atoms with Gasteiger partial charge in [-0.2, -0.15) is 13.2 Å². The van der Waals surface area contributed by atoms with E-state index in [4.69, 9.17) is 0 Å². The smallest absolute Gasteiger partial charge is 0.382 e. The number of nitrogens with one attached hydrogen (secondary N) is 3. The van der Waals surface area contributed by atoms with E-state index in [0.717, 1.165) is 29.3 Å². The Hall–Kier alpha value is -2.77. The van der Waals surface area contributed by atoms with Gasteiger partial charge in [0, 0.05) is 11.7 Å². The zero-order valence-electron chi connectivity index (χ0n) is 14.9. The molecule has 1 aromatic heterocycles. The van der Waals surface area contributed by atoms with Crippen LogP contribution in [0.15, 0.2) is 35.1 Å². The number of alkyl halides is 3. The summed E-state index contributed by atoms with van der Waals surface area (Å²) in [5.74, 6) is -0.696. The van der Waals surface area contributed by atoms with Crippen molar-refractivity contribution in [1.82, 2.24) is 10.3 Å². The lowest BCUT2D eigenvalue weighted by atomic mass is 9.90. The van der Waals surface area contributed by atoms with E-state index in [9.17, 15) is 22.8 Å². The predicted molar refractivity (Wildman–Crippen MR) is 95.8 cm³/mol. The molecule has 0 spiro atoms. The summed E-state index contributed by atoms with van der Waals surface area (Å²) in [6, 6.07) is 7.25. The molecule has 0 saturated carbocycles. The Bertz CT molecular complexity index is 921. The summed E-state index contributed by atoms with van der Waals surface area (Å²) in [6.45, 7) is 3.99. The van der Waals surface area contributed by atoms with Crippen LogP contribution in [0.3, 0.4) is 0 Å². The van der Waals surface area contributed by atoms with Crippen molar-refractivity contribution >= 4 is 11.6 Å². The number of carbonyl (C=O) groups excluding carboxylic acids is 1. The Labute approximate surface area is 154 Å². The van der Waals surface area contributed by atoms with Crippen LogP contribution in [0.1, 0.15) is 53.0 Å². The van der Waals surface area contributed by atoms with E-state index >= 15 is 0 Å². The van der Waals surface area contributed by atoms with E-state index in [1.165, 1.54) is 0 Å². The number of hydrogen-bond donors (Lipinski definition) is 3. The number of aryl methyl sites for hydroxylation is 1. The van der Waals surface area contributed by atoms with Gasteiger partial charge in [0.05, 0.1) is 6.04 Å². The summed E-state index contributed by atoms with van der Waals surface area (Å²) in [4.78, 5) is 26.2. The van der Waals surface area contributed by atoms with Crippen LogP contribution in [0.25, 0.3) is 0 Å². The molecule has 0 saturated heterocycles. The predicted octanol–water partition coefficient (Wildman–Crippen LogP) is 3.77. The first kappa shape index (κ1) is 19.0. The highest BCUT2D eigenvalue weighted by atomic mass is 19.4. The molecule has 0 radical (unpaired) electrons. The third-order valence-corrected chi connectivity index (χ3v) is 4.72. The number of anilines is 1. The number of H-pyrrole nitrogens is 1. The molecular formula is C19H20F3N3O2. The van der Waals surface area contributed by atoms with Crippen LogP contribution < -0.4 is 16.2 Å². The number of hydrogen-bond acceptors (Lipinski definition) is 3. The minimum Gasteiger partial charge on any atom is -0.382 e. The molecule has 3 rings (SSSR count). The molecule has 1 aromatic carbocycles. The largest absolute Gasteiger partial charge is 0.431 e. The van der Waals surface area contributed by atoms with E-state index in [-0.39, 0.29) is 17.6 Å². The highest BCUT2D eigenvalue weighted by Crippen LogP contribution is 2.34. The Morgan fingerprint density at radius 1 is 1.26 bits per heavy atom. The lowest BCUT2D eigenvalue weighted by Crippen LogP contribution is -2.39. The molecule has 0 aliphatic carbocycles. The Balaban J connectivity index is 1.87. The molecule has 1 aliphatic rings. The Morgan fingerprint density at radius 2 is 2.00 bits per heavy atom. The first-order chi connectivity index (χ1) is 12.7. The van der Waals surface area contributed by atoms with Crippen LogP contribution in [-0.4, -0.2) is 16.9 Å². The average molecular weight is 379 g/mol. The number of aromatic nitrogens is 1. The summed E-state index contributed by atoms with van der Waals surface area (Å²) < 4.78 is 38.0. The number of aromatic amines is 1. The van der Waals surface area contributed by atoms with E-state index in [1.807, 2.05) is 32.0 Å². The maximum Gasteiger partial charge on any atom is 0.431 e. The second-order valence-corrected chi connectivity index (χ2v) is 6.71. The van der Waals surface area contributed by atoms with Crippen molar-refractivity contribution in [3.8, 4) is 0 Å². The maximum atomic E-state index is 12.7. The fraction of sp³-hybridized carbons (Fsp3) is 0.368. The van der Waals surface area contributed by atoms with Crippen molar-refractivity contribution in [3.63, 3.8) is 0 Å². The van der Waals surface area contributed by atoms with Crippen LogP contribution in [-0.2, 0) is 6.18 Å². The quantitative estimate of drug-likeness (QED) is 0.760. The zero-order valence-corrected chi connectivity index (χ0v) is 14.9. The number of halogens is 3. The van der Waals surface area contributed by atoms with E-state index < -0.39 is 23.3 Å². The van der Waals surface area contributed by atoms with Gasteiger partial charge in [-0.25, -0.2) is 0 Å². The van der Waals surface area contributed by atoms with Crippen molar-refractivity contribution in [2.45, 2.75) is 44.9 Å². The minimum atomic E-state index is -4.67. The van der Waals surface area contributed by atoms with Crippen LogP contribution in [0.5, 0.6) is 0 Å². The number of pyridine rings is 1. The van der Waals surface area contributed by atoms with Crippen LogP contribution in [0, 0.1) is 6.92 Å². The number of fused-ring (bicyclic) bond motifs is 1. The van der Waals surface area contributed by atoms with Gasteiger partial charge in [-0.3, -0.25) is 9.59 Å². The molecule has 27 heavy (non-hydrogen) atoms. The molecule has 2 aromatic rings. The summed E-state index contributed by atoms with van der Waals surface area (Å²) in [5.41, 5.74) is 0.289. The molecule has 2 atom stereocenters. The standard InChI is InChI=1S/C19H20F3N3O2/c1-3-11-9-15(12-5-4-10(2)8-14(12)23-11)24-17(26)13-6-7-16(19(20,21)22)25-18(13)27/h4-8,11,15,23H,3,9H2,1-2H3,(H,24,26)(H,25,27)/t11-,15+/m1/s1. The number of carbonyl (C=O) groups is 1. The van der Waals surface area contributed by atoms with Gasteiger partial charge >= 0.3 is 6.18 Å². The molecule has 0 unspecified atom stereocenters. The summed E-state index contributed by atoms with van der Waals surface area (Å²) in [7, 11) is 0. The van der Waals surface area contributed by atoms with Crippen molar-refractivity contribution in [1.29, 1.82) is 0 Å². The van der Waals surface area contributed by atoms with Crippen LogP contribution in [0.2, 0.25) is 0 Å². The number of rotatable bonds is 3. The first-order valence-electron chi connectivity index (χ1n) is 8.67. The van der Waals surface area contributed by atoms with Gasteiger partial charge in [-0.05, 0) is 49.1 Å². The van der Waals surface area contributed by atoms with E-state index in [1.54, 1.807) is 4.98 Å². The monoisotopic (exact) mass is 379 g/mol. The second kappa shape index (κ2) is 7.09. The third kappa shape index (κ3) is 3.99. The molecule has 1 aliphatic heterocycles. The van der Waals surface area contributed by atoms with Gasteiger partial charge in [-0.15, -0.1) is 0 Å². The van der Waals surface area contributed by atoms with Crippen LogP contribution >= 0.6 is 0 Å². The van der Waals surface area contributed by atoms with Gasteiger partial charge in [0.25, 0.3) is 11.5 Å². The average Bonchev–Trinajstić information content (AvgIpc) is 2.60. The SMILES string of the molecule is CC[C@@H]1C[C@H](NC(=O)c2ccc(C(F)(F)F)[nH]c2=O)c2ccc(C)cc2N1. The Kier molecular flexibility index (Phi) is 4.99. The second-order valence-electron chi connectivity index (χ2n) is 6.71. The van der Waals surface area contributed by atoms with Gasteiger partial charge < -0.3 is 15.6 Å². The minimum absolute atomic E-state index is 0.149. The van der Waals surface area contributed by atoms with Crippen molar-refractivity contribution in [2.75, 3.05) is 5.32 Å². The molecule has 0 fully saturated rings. The molecule has 144 valence electrons. The Morgan fingerprint density at radius 3 is 2.63 bits per heavy atom. The third-order valence-electron chi connectivity index (χ3n) is 4.72. The van der Waals surface area contributed by atoms with Gasteiger partial charge in [-0.1, -0.05) is 19.1 Å². The lowest BCUT2D eigenvalue weighted by Gasteiger charge is -2.33. The summed E-state index contributed by atoms with van der Waals surface area (Å²) in [6.07, 6.45) is -3.20. The van der Waals surface area contributed by atoms with Crippen molar-refractivity contribution < 1.29 is 18.0 Å².